The van der Waals surface area contributed by atoms with Gasteiger partial charge in [-0.2, -0.15) is 0 Å². The molecule has 0 saturated carbocycles. The summed E-state index contributed by atoms with van der Waals surface area (Å²) in [4.78, 5) is 0. The Morgan fingerprint density at radius 3 is 2.78 bits per heavy atom. The Balaban J connectivity index is 1.87. The molecule has 3 heteroatoms. The molecular weight excluding hydrogens is 226 g/mol. The molecule has 1 saturated heterocycles. The molecule has 1 aliphatic rings. The number of nitrogens with one attached hydrogen (secondary N) is 1. The van der Waals surface area contributed by atoms with Crippen LogP contribution in [0.3, 0.4) is 0 Å². The van der Waals surface area contributed by atoms with Crippen molar-refractivity contribution in [3.8, 4) is 0 Å². The van der Waals surface area contributed by atoms with Crippen molar-refractivity contribution in [3.63, 3.8) is 0 Å². The Kier molecular flexibility index (Phi) is 4.75. The zero-order valence-corrected chi connectivity index (χ0v) is 11.3. The zero-order chi connectivity index (χ0) is 12.8. The predicted molar refractivity (Wildman–Crippen MR) is 72.5 cm³/mol. The van der Waals surface area contributed by atoms with Gasteiger partial charge in [0, 0.05) is 18.6 Å². The van der Waals surface area contributed by atoms with Gasteiger partial charge in [-0.1, -0.05) is 30.3 Å². The van der Waals surface area contributed by atoms with Crippen molar-refractivity contribution in [2.24, 2.45) is 5.41 Å². The Morgan fingerprint density at radius 2 is 2.17 bits per heavy atom. The maximum Gasteiger partial charge on any atom is 0.0717 e. The highest BCUT2D eigenvalue weighted by Crippen LogP contribution is 2.34. The van der Waals surface area contributed by atoms with Gasteiger partial charge in [0.1, 0.15) is 0 Å². The first-order valence-corrected chi connectivity index (χ1v) is 6.65. The number of ether oxygens (including phenoxy) is 2. The van der Waals surface area contributed by atoms with E-state index in [-0.39, 0.29) is 11.5 Å². The molecule has 1 fully saturated rings. The van der Waals surface area contributed by atoms with E-state index in [0.717, 1.165) is 26.2 Å². The summed E-state index contributed by atoms with van der Waals surface area (Å²) >= 11 is 0. The van der Waals surface area contributed by atoms with Gasteiger partial charge in [0.2, 0.25) is 0 Å². The van der Waals surface area contributed by atoms with Crippen molar-refractivity contribution >= 4 is 0 Å². The van der Waals surface area contributed by atoms with Gasteiger partial charge in [0.05, 0.1) is 19.3 Å². The molecule has 0 radical (unpaired) electrons. The molecule has 0 amide bonds. The summed E-state index contributed by atoms with van der Waals surface area (Å²) in [6, 6.07) is 10.3. The van der Waals surface area contributed by atoms with Gasteiger partial charge in [0.25, 0.3) is 0 Å². The quantitative estimate of drug-likeness (QED) is 0.838. The van der Waals surface area contributed by atoms with Gasteiger partial charge < -0.3 is 14.8 Å². The van der Waals surface area contributed by atoms with Gasteiger partial charge in [-0.15, -0.1) is 0 Å². The second kappa shape index (κ2) is 6.32. The Labute approximate surface area is 109 Å². The van der Waals surface area contributed by atoms with Crippen LogP contribution in [0.15, 0.2) is 30.3 Å². The molecule has 2 unspecified atom stereocenters. The molecule has 1 aliphatic heterocycles. The molecule has 100 valence electrons. The predicted octanol–water partition coefficient (Wildman–Crippen LogP) is 2.22. The minimum atomic E-state index is 0.129. The van der Waals surface area contributed by atoms with Crippen molar-refractivity contribution in [2.45, 2.75) is 26.1 Å². The average Bonchev–Trinajstić information content (AvgIpc) is 2.73. The molecule has 1 aromatic carbocycles. The summed E-state index contributed by atoms with van der Waals surface area (Å²) in [7, 11) is 1.99. The van der Waals surface area contributed by atoms with Crippen molar-refractivity contribution in [2.75, 3.05) is 26.8 Å². The second-order valence-electron chi connectivity index (χ2n) is 5.13. The Bertz CT molecular complexity index is 355. The summed E-state index contributed by atoms with van der Waals surface area (Å²) in [5, 5.41) is 3.27. The van der Waals surface area contributed by atoms with E-state index < -0.39 is 0 Å². The van der Waals surface area contributed by atoms with Crippen molar-refractivity contribution < 1.29 is 9.47 Å². The lowest BCUT2D eigenvalue weighted by Crippen LogP contribution is -2.42. The fourth-order valence-electron chi connectivity index (χ4n) is 2.59. The second-order valence-corrected chi connectivity index (χ2v) is 5.13. The smallest absolute Gasteiger partial charge is 0.0717 e. The van der Waals surface area contributed by atoms with E-state index in [9.17, 15) is 0 Å². The molecule has 1 heterocycles. The standard InChI is InChI=1S/C15H23NO2/c1-13-15(11-16-2,8-9-18-13)12-17-10-14-6-4-3-5-7-14/h3-7,13,16H,8-12H2,1-2H3. The highest BCUT2D eigenvalue weighted by atomic mass is 16.5. The van der Waals surface area contributed by atoms with E-state index in [1.165, 1.54) is 5.56 Å². The first kappa shape index (κ1) is 13.5. The largest absolute Gasteiger partial charge is 0.378 e. The molecule has 2 atom stereocenters. The van der Waals surface area contributed by atoms with E-state index in [1.54, 1.807) is 0 Å². The molecule has 0 spiro atoms. The van der Waals surface area contributed by atoms with Crippen LogP contribution in [0, 0.1) is 5.41 Å². The van der Waals surface area contributed by atoms with Gasteiger partial charge in [-0.25, -0.2) is 0 Å². The van der Waals surface area contributed by atoms with E-state index in [0.29, 0.717) is 6.61 Å². The molecule has 0 aliphatic carbocycles. The average molecular weight is 249 g/mol. The fraction of sp³-hybridized carbons (Fsp3) is 0.600. The van der Waals surface area contributed by atoms with Crippen molar-refractivity contribution in [3.05, 3.63) is 35.9 Å². The van der Waals surface area contributed by atoms with Crippen LogP contribution in [0.4, 0.5) is 0 Å². The minimum Gasteiger partial charge on any atom is -0.378 e. The first-order chi connectivity index (χ1) is 8.77. The first-order valence-electron chi connectivity index (χ1n) is 6.65. The molecule has 3 nitrogen and oxygen atoms in total. The summed E-state index contributed by atoms with van der Waals surface area (Å²) in [6.07, 6.45) is 1.34. The summed E-state index contributed by atoms with van der Waals surface area (Å²) < 4.78 is 11.6. The van der Waals surface area contributed by atoms with Crippen LogP contribution in [0.25, 0.3) is 0 Å². The van der Waals surface area contributed by atoms with E-state index in [1.807, 2.05) is 25.2 Å². The number of hydrogen-bond acceptors (Lipinski definition) is 3. The lowest BCUT2D eigenvalue weighted by Gasteiger charge is -2.31. The Morgan fingerprint density at radius 1 is 1.39 bits per heavy atom. The normalized spacial score (nSPS) is 27.6. The van der Waals surface area contributed by atoms with Gasteiger partial charge >= 0.3 is 0 Å². The summed E-state index contributed by atoms with van der Waals surface area (Å²) in [5.41, 5.74) is 1.35. The third kappa shape index (κ3) is 3.10. The number of rotatable bonds is 6. The number of benzene rings is 1. The lowest BCUT2D eigenvalue weighted by atomic mass is 9.82. The third-order valence-corrected chi connectivity index (χ3v) is 3.86. The van der Waals surface area contributed by atoms with E-state index in [4.69, 9.17) is 9.47 Å². The molecule has 0 bridgehead atoms. The maximum absolute atomic E-state index is 5.91. The highest BCUT2D eigenvalue weighted by molar-refractivity contribution is 5.13. The minimum absolute atomic E-state index is 0.129. The molecule has 1 aromatic rings. The van der Waals surface area contributed by atoms with Crippen LogP contribution >= 0.6 is 0 Å². The summed E-state index contributed by atoms with van der Waals surface area (Å²) in [6.45, 7) is 5.37. The molecule has 0 aromatic heterocycles. The van der Waals surface area contributed by atoms with Crippen LogP contribution in [-0.2, 0) is 16.1 Å². The lowest BCUT2D eigenvalue weighted by molar-refractivity contribution is -0.0112. The molecule has 2 rings (SSSR count). The zero-order valence-electron chi connectivity index (χ0n) is 11.3. The van der Waals surface area contributed by atoms with Gasteiger partial charge in [-0.3, -0.25) is 0 Å². The molecule has 1 N–H and O–H groups in total. The van der Waals surface area contributed by atoms with Crippen LogP contribution in [0.2, 0.25) is 0 Å². The van der Waals surface area contributed by atoms with Crippen molar-refractivity contribution in [1.82, 2.24) is 5.32 Å². The van der Waals surface area contributed by atoms with Gasteiger partial charge in [0.15, 0.2) is 0 Å². The fourth-order valence-corrected chi connectivity index (χ4v) is 2.59. The molecular formula is C15H23NO2. The SMILES string of the molecule is CNCC1(COCc2ccccc2)CCOC1C. The summed E-state index contributed by atoms with van der Waals surface area (Å²) in [5.74, 6) is 0. The highest BCUT2D eigenvalue weighted by Gasteiger charge is 2.41. The Hall–Kier alpha value is -0.900. The molecule has 18 heavy (non-hydrogen) atoms. The van der Waals surface area contributed by atoms with Gasteiger partial charge in [-0.05, 0) is 26.0 Å². The topological polar surface area (TPSA) is 30.5 Å². The van der Waals surface area contributed by atoms with E-state index >= 15 is 0 Å². The van der Waals surface area contributed by atoms with Crippen LogP contribution in [0.5, 0.6) is 0 Å². The van der Waals surface area contributed by atoms with Crippen LogP contribution in [0.1, 0.15) is 18.9 Å². The van der Waals surface area contributed by atoms with Crippen LogP contribution < -0.4 is 5.32 Å². The van der Waals surface area contributed by atoms with Crippen LogP contribution in [-0.4, -0.2) is 32.9 Å². The number of hydrogen-bond donors (Lipinski definition) is 1. The van der Waals surface area contributed by atoms with Crippen molar-refractivity contribution in [1.29, 1.82) is 0 Å². The maximum atomic E-state index is 5.91. The third-order valence-electron chi connectivity index (χ3n) is 3.86. The van der Waals surface area contributed by atoms with E-state index in [2.05, 4.69) is 24.4 Å². The monoisotopic (exact) mass is 249 g/mol.